The van der Waals surface area contributed by atoms with Crippen LogP contribution in [0.1, 0.15) is 29.0 Å². The van der Waals surface area contributed by atoms with Gasteiger partial charge in [-0.05, 0) is 37.3 Å². The zero-order chi connectivity index (χ0) is 19.5. The van der Waals surface area contributed by atoms with E-state index in [1.165, 1.54) is 0 Å². The van der Waals surface area contributed by atoms with E-state index in [0.29, 0.717) is 29.4 Å². The molecule has 4 rings (SSSR count). The van der Waals surface area contributed by atoms with Crippen molar-refractivity contribution in [1.29, 1.82) is 0 Å². The van der Waals surface area contributed by atoms with Gasteiger partial charge in [-0.1, -0.05) is 41.9 Å². The van der Waals surface area contributed by atoms with Gasteiger partial charge in [0, 0.05) is 36.5 Å². The van der Waals surface area contributed by atoms with E-state index in [4.69, 9.17) is 20.8 Å². The number of hydrogen-bond donors (Lipinski definition) is 0. The second kappa shape index (κ2) is 8.11. The van der Waals surface area contributed by atoms with Crippen LogP contribution in [0, 0.1) is 6.92 Å². The number of ether oxygens (including phenoxy) is 1. The first-order chi connectivity index (χ1) is 13.6. The summed E-state index contributed by atoms with van der Waals surface area (Å²) >= 11 is 5.91. The van der Waals surface area contributed by atoms with Crippen molar-refractivity contribution in [2.45, 2.75) is 25.9 Å². The van der Waals surface area contributed by atoms with E-state index in [-0.39, 0.29) is 12.0 Å². The summed E-state index contributed by atoms with van der Waals surface area (Å²) in [7, 11) is 0. The van der Waals surface area contributed by atoms with Gasteiger partial charge in [-0.15, -0.1) is 0 Å². The van der Waals surface area contributed by atoms with Gasteiger partial charge >= 0.3 is 0 Å². The lowest BCUT2D eigenvalue weighted by Gasteiger charge is -2.32. The lowest BCUT2D eigenvalue weighted by Crippen LogP contribution is -2.41. The number of carbonyl (C=O) groups excluding carboxylic acids is 1. The third-order valence-electron chi connectivity index (χ3n) is 5.05. The molecule has 0 saturated carbocycles. The lowest BCUT2D eigenvalue weighted by atomic mass is 10.1. The molecule has 0 N–H and O–H groups in total. The van der Waals surface area contributed by atoms with Gasteiger partial charge in [-0.2, -0.15) is 0 Å². The van der Waals surface area contributed by atoms with Crippen LogP contribution in [0.5, 0.6) is 5.75 Å². The fourth-order valence-corrected chi connectivity index (χ4v) is 3.62. The molecular formula is C23H22ClNO3. The van der Waals surface area contributed by atoms with E-state index in [9.17, 15) is 4.79 Å². The van der Waals surface area contributed by atoms with Gasteiger partial charge in [0.25, 0.3) is 5.91 Å². The van der Waals surface area contributed by atoms with Crippen molar-refractivity contribution in [3.63, 3.8) is 0 Å². The Hall–Kier alpha value is -2.72. The molecule has 28 heavy (non-hydrogen) atoms. The number of carbonyl (C=O) groups is 1. The molecule has 0 spiro atoms. The summed E-state index contributed by atoms with van der Waals surface area (Å²) in [4.78, 5) is 14.9. The predicted molar refractivity (Wildman–Crippen MR) is 110 cm³/mol. The van der Waals surface area contributed by atoms with Crippen molar-refractivity contribution >= 4 is 17.5 Å². The largest absolute Gasteiger partial charge is 0.490 e. The van der Waals surface area contributed by atoms with Crippen molar-refractivity contribution in [3.05, 3.63) is 77.0 Å². The molecule has 2 aromatic carbocycles. The highest BCUT2D eigenvalue weighted by molar-refractivity contribution is 6.30. The number of halogens is 1. The topological polar surface area (TPSA) is 42.7 Å². The highest BCUT2D eigenvalue weighted by Gasteiger charge is 2.27. The number of hydrogen-bond acceptors (Lipinski definition) is 3. The molecule has 0 aliphatic carbocycles. The molecule has 0 radical (unpaired) electrons. The second-order valence-electron chi connectivity index (χ2n) is 7.01. The Kier molecular flexibility index (Phi) is 5.40. The van der Waals surface area contributed by atoms with Gasteiger partial charge in [-0.3, -0.25) is 4.79 Å². The Morgan fingerprint density at radius 2 is 1.75 bits per heavy atom. The van der Waals surface area contributed by atoms with Crippen molar-refractivity contribution in [2.24, 2.45) is 0 Å². The van der Waals surface area contributed by atoms with Gasteiger partial charge in [0.1, 0.15) is 23.4 Å². The molecule has 1 amide bonds. The van der Waals surface area contributed by atoms with E-state index in [2.05, 4.69) is 0 Å². The van der Waals surface area contributed by atoms with Crippen LogP contribution in [0.4, 0.5) is 0 Å². The summed E-state index contributed by atoms with van der Waals surface area (Å²) in [5, 5.41) is 0.693. The van der Waals surface area contributed by atoms with Crippen molar-refractivity contribution < 1.29 is 13.9 Å². The molecule has 1 aliphatic heterocycles. The second-order valence-corrected chi connectivity index (χ2v) is 7.45. The highest BCUT2D eigenvalue weighted by Crippen LogP contribution is 2.27. The quantitative estimate of drug-likeness (QED) is 0.578. The van der Waals surface area contributed by atoms with Gasteiger partial charge in [-0.25, -0.2) is 0 Å². The first-order valence-electron chi connectivity index (χ1n) is 9.47. The summed E-state index contributed by atoms with van der Waals surface area (Å²) in [6.45, 7) is 3.18. The normalized spacial score (nSPS) is 14.9. The number of nitrogens with zero attached hydrogens (tertiary/aromatic N) is 1. The maximum absolute atomic E-state index is 13.0. The van der Waals surface area contributed by atoms with Crippen molar-refractivity contribution in [2.75, 3.05) is 13.1 Å². The molecule has 0 unspecified atom stereocenters. The molecule has 144 valence electrons. The van der Waals surface area contributed by atoms with Crippen LogP contribution in [-0.2, 0) is 0 Å². The Labute approximate surface area is 169 Å². The average Bonchev–Trinajstić information content (AvgIpc) is 3.12. The van der Waals surface area contributed by atoms with Gasteiger partial charge in [0.2, 0.25) is 0 Å². The minimum atomic E-state index is 0.0216. The zero-order valence-corrected chi connectivity index (χ0v) is 16.5. The average molecular weight is 396 g/mol. The number of piperidine rings is 1. The van der Waals surface area contributed by atoms with E-state index in [0.717, 1.165) is 29.9 Å². The first-order valence-corrected chi connectivity index (χ1v) is 9.85. The molecule has 4 nitrogen and oxygen atoms in total. The van der Waals surface area contributed by atoms with Crippen LogP contribution in [-0.4, -0.2) is 30.0 Å². The van der Waals surface area contributed by atoms with Crippen LogP contribution >= 0.6 is 11.6 Å². The zero-order valence-electron chi connectivity index (χ0n) is 15.7. The first kappa shape index (κ1) is 18.6. The fourth-order valence-electron chi connectivity index (χ4n) is 3.49. The number of furan rings is 1. The molecule has 1 saturated heterocycles. The van der Waals surface area contributed by atoms with Crippen LogP contribution in [0.25, 0.3) is 11.3 Å². The number of aryl methyl sites for hydroxylation is 1. The molecule has 3 aromatic rings. The molecule has 0 atom stereocenters. The molecule has 0 bridgehead atoms. The summed E-state index contributed by atoms with van der Waals surface area (Å²) in [6, 6.07) is 19.1. The SMILES string of the molecule is Cc1oc(-c2ccccc2)cc1C(=O)N1CCC(Oc2ccc(Cl)cc2)CC1. The van der Waals surface area contributed by atoms with E-state index >= 15 is 0 Å². The summed E-state index contributed by atoms with van der Waals surface area (Å²) in [6.07, 6.45) is 1.71. The monoisotopic (exact) mass is 395 g/mol. The van der Waals surface area contributed by atoms with Gasteiger partial charge in [0.15, 0.2) is 0 Å². The predicted octanol–water partition coefficient (Wildman–Crippen LogP) is 5.59. The molecule has 1 fully saturated rings. The number of likely N-dealkylation sites (tertiary alicyclic amines) is 1. The number of benzene rings is 2. The van der Waals surface area contributed by atoms with E-state index < -0.39 is 0 Å². The lowest BCUT2D eigenvalue weighted by molar-refractivity contribution is 0.0594. The maximum atomic E-state index is 13.0. The Balaban J connectivity index is 1.39. The van der Waals surface area contributed by atoms with E-state index in [1.54, 1.807) is 0 Å². The van der Waals surface area contributed by atoms with E-state index in [1.807, 2.05) is 72.5 Å². The number of rotatable bonds is 4. The molecule has 1 aromatic heterocycles. The Morgan fingerprint density at radius 1 is 1.07 bits per heavy atom. The minimum Gasteiger partial charge on any atom is -0.490 e. The van der Waals surface area contributed by atoms with Crippen LogP contribution in [0.15, 0.2) is 65.1 Å². The summed E-state index contributed by atoms with van der Waals surface area (Å²) < 4.78 is 11.9. The number of amides is 1. The fraction of sp³-hybridized carbons (Fsp3) is 0.261. The van der Waals surface area contributed by atoms with Crippen molar-refractivity contribution in [1.82, 2.24) is 4.90 Å². The molecule has 2 heterocycles. The smallest absolute Gasteiger partial charge is 0.257 e. The highest BCUT2D eigenvalue weighted by atomic mass is 35.5. The standard InChI is InChI=1S/C23H22ClNO3/c1-16-21(15-22(27-16)17-5-3-2-4-6-17)23(26)25-13-11-20(12-14-25)28-19-9-7-18(24)8-10-19/h2-10,15,20H,11-14H2,1H3. The van der Waals surface area contributed by atoms with Crippen LogP contribution < -0.4 is 4.74 Å². The molecule has 5 heteroatoms. The van der Waals surface area contributed by atoms with Crippen molar-refractivity contribution in [3.8, 4) is 17.1 Å². The molecular weight excluding hydrogens is 374 g/mol. The van der Waals surface area contributed by atoms with Crippen LogP contribution in [0.2, 0.25) is 5.02 Å². The van der Waals surface area contributed by atoms with Gasteiger partial charge in [0.05, 0.1) is 5.56 Å². The third kappa shape index (κ3) is 4.07. The minimum absolute atomic E-state index is 0.0216. The Bertz CT molecular complexity index is 942. The van der Waals surface area contributed by atoms with Gasteiger partial charge < -0.3 is 14.1 Å². The summed E-state index contributed by atoms with van der Waals surface area (Å²) in [5.74, 6) is 2.21. The Morgan fingerprint density at radius 3 is 2.43 bits per heavy atom. The summed E-state index contributed by atoms with van der Waals surface area (Å²) in [5.41, 5.74) is 1.61. The molecule has 1 aliphatic rings. The van der Waals surface area contributed by atoms with Crippen LogP contribution in [0.3, 0.4) is 0 Å². The third-order valence-corrected chi connectivity index (χ3v) is 5.30. The maximum Gasteiger partial charge on any atom is 0.257 e.